The van der Waals surface area contributed by atoms with Gasteiger partial charge in [-0.2, -0.15) is 0 Å². The first kappa shape index (κ1) is 16.0. The zero-order valence-corrected chi connectivity index (χ0v) is 3.76. The number of rotatable bonds is 0. The fourth-order valence-corrected chi connectivity index (χ4v) is 0. The van der Waals surface area contributed by atoms with Gasteiger partial charge in [-0.25, -0.2) is 4.57 Å². The van der Waals surface area contributed by atoms with E-state index < -0.39 is 8.69 Å². The predicted molar refractivity (Wildman–Crippen MR) is 17.0 cm³/mol. The molecule has 0 aliphatic rings. The molecule has 5 heavy (non-hydrogen) atoms. The fourth-order valence-electron chi connectivity index (χ4n) is 0. The van der Waals surface area contributed by atoms with Crippen LogP contribution >= 0.6 is 8.69 Å². The van der Waals surface area contributed by atoms with Crippen molar-refractivity contribution in [1.29, 1.82) is 0 Å². The van der Waals surface area contributed by atoms with E-state index in [2.05, 4.69) is 0 Å². The molecule has 0 aromatic carbocycles. The molecule has 0 unspecified atom stereocenters. The van der Waals surface area contributed by atoms with E-state index in [1.54, 1.807) is 0 Å². The van der Waals surface area contributed by atoms with Crippen molar-refractivity contribution >= 4 is 38.2 Å². The molecule has 5 heteroatoms. The number of hydrogen-bond acceptors (Lipinski definition) is 1. The summed E-state index contributed by atoms with van der Waals surface area (Å²) < 4.78 is 8.46. The van der Waals surface area contributed by atoms with E-state index in [0.29, 0.717) is 0 Å². The van der Waals surface area contributed by atoms with Crippen LogP contribution in [0.3, 0.4) is 0 Å². The molecule has 0 rings (SSSR count). The monoisotopic (exact) mass is 143 g/mol. The summed E-state index contributed by atoms with van der Waals surface area (Å²) in [5.74, 6) is 0. The van der Waals surface area contributed by atoms with Gasteiger partial charge >= 0.3 is 38.2 Å². The van der Waals surface area contributed by atoms with Gasteiger partial charge in [-0.3, -0.25) is 0 Å². The maximum absolute atomic E-state index is 8.46. The summed E-state index contributed by atoms with van der Waals surface area (Å²) in [6.07, 6.45) is 0. The first-order valence-electron chi connectivity index (χ1n) is 0.383. The van der Waals surface area contributed by atoms with Crippen LogP contribution < -0.4 is 0 Å². The van der Waals surface area contributed by atoms with Crippen LogP contribution in [0, 0.1) is 0 Å². The third kappa shape index (κ3) is 28.7. The molecule has 0 spiro atoms. The van der Waals surface area contributed by atoms with E-state index >= 15 is 0 Å². The molecular weight excluding hydrogens is 141 g/mol. The van der Waals surface area contributed by atoms with Crippen molar-refractivity contribution in [1.82, 2.24) is 0 Å². The normalized spacial score (nSPS) is 4.20. The number of hydrogen-bond donors (Lipinski definition) is 1. The van der Waals surface area contributed by atoms with Gasteiger partial charge in [-0.05, 0) is 0 Å². The van der Waals surface area contributed by atoms with Crippen LogP contribution in [0.15, 0.2) is 0 Å². The molecule has 0 aromatic heterocycles. The van der Waals surface area contributed by atoms with Gasteiger partial charge in [0.1, 0.15) is 0 Å². The van der Waals surface area contributed by atoms with Crippen LogP contribution in [0.2, 0.25) is 0 Å². The van der Waals surface area contributed by atoms with Crippen molar-refractivity contribution in [3.05, 3.63) is 0 Å². The van der Waals surface area contributed by atoms with Crippen molar-refractivity contribution in [3.63, 3.8) is 0 Å². The van der Waals surface area contributed by atoms with Crippen molar-refractivity contribution in [3.8, 4) is 0 Å². The van der Waals surface area contributed by atoms with E-state index in [4.69, 9.17) is 9.46 Å². The third-order valence-electron chi connectivity index (χ3n) is 0. The Morgan fingerprint density at radius 2 is 1.60 bits per heavy atom. The summed E-state index contributed by atoms with van der Waals surface area (Å²) in [6, 6.07) is 0. The van der Waals surface area contributed by atoms with E-state index in [1.807, 2.05) is 0 Å². The Hall–Kier alpha value is 1.58. The van der Waals surface area contributed by atoms with Crippen LogP contribution in [0.25, 0.3) is 0 Å². The Morgan fingerprint density at radius 3 is 1.60 bits per heavy atom. The molecule has 0 aliphatic carbocycles. The fraction of sp³-hybridized carbons (Fsp3) is 0. The molecule has 0 bridgehead atoms. The van der Waals surface area contributed by atoms with E-state index in [-0.39, 0.29) is 46.6 Å². The minimum atomic E-state index is -0.833. The molecule has 0 heterocycles. The molecule has 0 fully saturated rings. The van der Waals surface area contributed by atoms with Crippen LogP contribution in [0.1, 0.15) is 0 Å². The molecular formula is H2MnNaO2P. The summed E-state index contributed by atoms with van der Waals surface area (Å²) in [4.78, 5) is 6.99. The van der Waals surface area contributed by atoms with E-state index in [1.165, 1.54) is 0 Å². The van der Waals surface area contributed by atoms with E-state index in [0.717, 1.165) is 0 Å². The zero-order chi connectivity index (χ0) is 2.71. The minimum absolute atomic E-state index is 0. The van der Waals surface area contributed by atoms with Gasteiger partial charge in [-0.1, -0.05) is 0 Å². The van der Waals surface area contributed by atoms with Crippen LogP contribution in [-0.4, -0.2) is 34.5 Å². The summed E-state index contributed by atoms with van der Waals surface area (Å²) in [5.41, 5.74) is 0. The van der Waals surface area contributed by atoms with Crippen molar-refractivity contribution in [2.24, 2.45) is 0 Å². The second kappa shape index (κ2) is 17.6. The quantitative estimate of drug-likeness (QED) is 0.367. The summed E-state index contributed by atoms with van der Waals surface area (Å²) >= 11 is 0. The first-order chi connectivity index (χ1) is 1.41. The first-order valence-corrected chi connectivity index (χ1v) is 1.15. The molecule has 2 nitrogen and oxygen atoms in total. The molecule has 27 valence electrons. The summed E-state index contributed by atoms with van der Waals surface area (Å²) in [5, 5.41) is 0. The van der Waals surface area contributed by atoms with Gasteiger partial charge in [0.15, 0.2) is 0 Å². The van der Waals surface area contributed by atoms with Gasteiger partial charge < -0.3 is 4.89 Å². The van der Waals surface area contributed by atoms with Gasteiger partial charge in [0.25, 0.3) is 0 Å². The van der Waals surface area contributed by atoms with Crippen molar-refractivity contribution < 1.29 is 26.5 Å². The molecule has 0 aromatic rings. The topological polar surface area (TPSA) is 37.3 Å². The summed E-state index contributed by atoms with van der Waals surface area (Å²) in [6.45, 7) is 0. The summed E-state index contributed by atoms with van der Waals surface area (Å²) in [7, 11) is -0.833. The second-order valence-electron chi connectivity index (χ2n) is 0.0816. The predicted octanol–water partition coefficient (Wildman–Crippen LogP) is -0.466. The Bertz CT molecular complexity index is 17.1. The zero-order valence-electron chi connectivity index (χ0n) is 1.68. The Morgan fingerprint density at radius 1 is 1.60 bits per heavy atom. The van der Waals surface area contributed by atoms with Gasteiger partial charge in [0.05, 0.1) is 0 Å². The second-order valence-corrected chi connectivity index (χ2v) is 0.245. The molecule has 0 amide bonds. The van der Waals surface area contributed by atoms with Crippen LogP contribution in [0.4, 0.5) is 0 Å². The molecule has 1 radical (unpaired) electrons. The van der Waals surface area contributed by atoms with Gasteiger partial charge in [-0.15, -0.1) is 0 Å². The maximum atomic E-state index is 8.46. The average Bonchev–Trinajstić information content (AvgIpc) is 0.918. The van der Waals surface area contributed by atoms with Crippen LogP contribution in [0.5, 0.6) is 0 Å². The van der Waals surface area contributed by atoms with Crippen LogP contribution in [-0.2, 0) is 21.6 Å². The third-order valence-corrected chi connectivity index (χ3v) is 0. The van der Waals surface area contributed by atoms with Crippen molar-refractivity contribution in [2.75, 3.05) is 0 Å². The molecule has 0 atom stereocenters. The Labute approximate surface area is 64.4 Å². The van der Waals surface area contributed by atoms with Crippen molar-refractivity contribution in [2.45, 2.75) is 0 Å². The molecule has 1 N–H and O–H groups in total. The van der Waals surface area contributed by atoms with Gasteiger partial charge in [0, 0.05) is 17.1 Å². The standard InChI is InChI=1S/Mn.Na.HO2P.H/c;;1-3-2;/h;;(H,1,2);. The average molecular weight is 143 g/mol. The molecule has 0 aliphatic heterocycles. The van der Waals surface area contributed by atoms with Gasteiger partial charge in [0.2, 0.25) is 0 Å². The molecule has 0 saturated heterocycles. The Balaban J connectivity index is -0.0000000200. The van der Waals surface area contributed by atoms with E-state index in [9.17, 15) is 0 Å². The Kier molecular flexibility index (Phi) is 56.2. The SMILES string of the molecule is O=PO.[Mn].[NaH]. The molecule has 0 saturated carbocycles.